The molecule has 3 N–H and O–H groups in total. The molecule has 1 aliphatic carbocycles. The second-order valence-electron chi connectivity index (χ2n) is 7.25. The van der Waals surface area contributed by atoms with Crippen molar-refractivity contribution >= 4 is 28.2 Å². The molecule has 0 atom stereocenters. The highest BCUT2D eigenvalue weighted by atomic mass is 35.5. The van der Waals surface area contributed by atoms with E-state index in [2.05, 4.69) is 39.5 Å². The zero-order valence-corrected chi connectivity index (χ0v) is 15.5. The zero-order valence-electron chi connectivity index (χ0n) is 14.8. The van der Waals surface area contributed by atoms with Gasteiger partial charge in [-0.2, -0.15) is 4.98 Å². The van der Waals surface area contributed by atoms with Crippen molar-refractivity contribution in [3.63, 3.8) is 0 Å². The van der Waals surface area contributed by atoms with Gasteiger partial charge in [0.25, 0.3) is 5.15 Å². The quantitative estimate of drug-likeness (QED) is 0.850. The predicted octanol–water partition coefficient (Wildman–Crippen LogP) is 2.54. The number of nitrogens with one attached hydrogen (secondary N) is 1. The molecule has 0 spiro atoms. The van der Waals surface area contributed by atoms with Gasteiger partial charge in [-0.15, -0.1) is 0 Å². The standard InChI is InChI=1S/C20H26ClN3O/c21-20-17(14-22-15-6-2-1-3-7-15)19(24-10-12-25-13-11-24)16-8-4-5-9-18(16)23-20/h4-5,8-9,15,22H,1-3,6-7,10-14H2/p+2. The lowest BCUT2D eigenvalue weighted by atomic mass is 9.95. The first-order chi connectivity index (χ1) is 12.3. The van der Waals surface area contributed by atoms with Crippen molar-refractivity contribution in [1.29, 1.82) is 0 Å². The average Bonchev–Trinajstić information content (AvgIpc) is 2.67. The maximum atomic E-state index is 6.71. The molecule has 0 unspecified atom stereocenters. The van der Waals surface area contributed by atoms with Crippen LogP contribution < -0.4 is 15.2 Å². The molecule has 25 heavy (non-hydrogen) atoms. The maximum absolute atomic E-state index is 6.71. The number of pyridine rings is 1. The van der Waals surface area contributed by atoms with Gasteiger partial charge in [0.2, 0.25) is 5.52 Å². The third kappa shape index (κ3) is 3.76. The number of halogens is 1. The van der Waals surface area contributed by atoms with Crippen LogP contribution in [0.1, 0.15) is 37.7 Å². The smallest absolute Gasteiger partial charge is 0.284 e. The third-order valence-electron chi connectivity index (χ3n) is 5.61. The number of anilines is 1. The molecule has 1 saturated heterocycles. The van der Waals surface area contributed by atoms with Crippen LogP contribution in [0.3, 0.4) is 0 Å². The number of benzene rings is 1. The van der Waals surface area contributed by atoms with Crippen LogP contribution in [0.4, 0.5) is 5.69 Å². The Bertz CT molecular complexity index is 724. The van der Waals surface area contributed by atoms with Crippen molar-refractivity contribution < 1.29 is 15.0 Å². The number of ether oxygens (including phenoxy) is 1. The summed E-state index contributed by atoms with van der Waals surface area (Å²) in [5.74, 6) is 0. The Balaban J connectivity index is 1.69. The molecule has 0 radical (unpaired) electrons. The number of rotatable bonds is 4. The molecule has 2 fully saturated rings. The van der Waals surface area contributed by atoms with E-state index in [0.717, 1.165) is 49.6 Å². The van der Waals surface area contributed by atoms with Gasteiger partial charge < -0.3 is 15.0 Å². The van der Waals surface area contributed by atoms with Gasteiger partial charge in [-0.25, -0.2) is 0 Å². The van der Waals surface area contributed by atoms with Gasteiger partial charge in [0.1, 0.15) is 12.1 Å². The molecule has 0 amide bonds. The van der Waals surface area contributed by atoms with E-state index >= 15 is 0 Å². The number of H-pyrrole nitrogens is 1. The fourth-order valence-electron chi connectivity index (χ4n) is 4.25. The number of aromatic amines is 1. The molecular formula is C20H28ClN3O+2. The van der Waals surface area contributed by atoms with Gasteiger partial charge in [0.05, 0.1) is 30.3 Å². The minimum Gasteiger partial charge on any atom is -0.378 e. The molecule has 4 nitrogen and oxygen atoms in total. The summed E-state index contributed by atoms with van der Waals surface area (Å²) in [7, 11) is 0. The van der Waals surface area contributed by atoms with Crippen LogP contribution in [0.2, 0.25) is 5.15 Å². The monoisotopic (exact) mass is 361 g/mol. The first kappa shape index (κ1) is 17.1. The summed E-state index contributed by atoms with van der Waals surface area (Å²) in [6.07, 6.45) is 6.81. The highest BCUT2D eigenvalue weighted by Crippen LogP contribution is 2.32. The molecular weight excluding hydrogens is 334 g/mol. The largest absolute Gasteiger partial charge is 0.378 e. The van der Waals surface area contributed by atoms with Crippen LogP contribution in [0.15, 0.2) is 24.3 Å². The van der Waals surface area contributed by atoms with E-state index in [1.54, 1.807) is 0 Å². The number of nitrogens with zero attached hydrogens (tertiary/aromatic N) is 1. The van der Waals surface area contributed by atoms with E-state index in [-0.39, 0.29) is 0 Å². The van der Waals surface area contributed by atoms with Crippen LogP contribution in [0.25, 0.3) is 10.9 Å². The number of para-hydroxylation sites is 1. The molecule has 1 aromatic heterocycles. The van der Waals surface area contributed by atoms with Crippen LogP contribution in [-0.4, -0.2) is 32.3 Å². The fourth-order valence-corrected chi connectivity index (χ4v) is 4.52. The lowest BCUT2D eigenvalue weighted by Gasteiger charge is -2.31. The topological polar surface area (TPSA) is 43.2 Å². The molecule has 2 aromatic rings. The molecule has 2 aliphatic rings. The van der Waals surface area contributed by atoms with Crippen LogP contribution in [0.5, 0.6) is 0 Å². The molecule has 0 bridgehead atoms. The van der Waals surface area contributed by atoms with Crippen molar-refractivity contribution in [2.24, 2.45) is 0 Å². The predicted molar refractivity (Wildman–Crippen MR) is 101 cm³/mol. The second-order valence-corrected chi connectivity index (χ2v) is 7.63. The van der Waals surface area contributed by atoms with E-state index in [0.29, 0.717) is 0 Å². The Hall–Kier alpha value is -1.36. The molecule has 134 valence electrons. The molecule has 2 heterocycles. The molecule has 1 aromatic carbocycles. The minimum absolute atomic E-state index is 0.744. The Labute approximate surface area is 154 Å². The molecule has 4 rings (SSSR count). The summed E-state index contributed by atoms with van der Waals surface area (Å²) < 4.78 is 5.57. The SMILES string of the molecule is Clc1[nH+]c2ccccc2c(N2CCOCC2)c1C[NH2+]C1CCCCC1. The summed E-state index contributed by atoms with van der Waals surface area (Å²) >= 11 is 6.71. The van der Waals surface area contributed by atoms with Crippen molar-refractivity contribution in [3.05, 3.63) is 35.0 Å². The summed E-state index contributed by atoms with van der Waals surface area (Å²) in [5, 5.41) is 4.56. The number of hydrogen-bond acceptors (Lipinski definition) is 2. The Morgan fingerprint density at radius 2 is 1.88 bits per heavy atom. The van der Waals surface area contributed by atoms with Gasteiger partial charge in [-0.3, -0.25) is 0 Å². The minimum atomic E-state index is 0.744. The number of quaternary nitrogens is 1. The van der Waals surface area contributed by atoms with Crippen molar-refractivity contribution in [2.45, 2.75) is 44.7 Å². The van der Waals surface area contributed by atoms with E-state index in [1.165, 1.54) is 48.7 Å². The lowest BCUT2D eigenvalue weighted by Crippen LogP contribution is -2.88. The molecule has 1 aliphatic heterocycles. The number of morpholine rings is 1. The van der Waals surface area contributed by atoms with Crippen molar-refractivity contribution in [2.75, 3.05) is 31.2 Å². The fraction of sp³-hybridized carbons (Fsp3) is 0.550. The van der Waals surface area contributed by atoms with E-state index < -0.39 is 0 Å². The second kappa shape index (κ2) is 7.90. The highest BCUT2D eigenvalue weighted by Gasteiger charge is 2.27. The van der Waals surface area contributed by atoms with Crippen molar-refractivity contribution in [1.82, 2.24) is 0 Å². The van der Waals surface area contributed by atoms with Crippen LogP contribution in [0, 0.1) is 0 Å². The van der Waals surface area contributed by atoms with Gasteiger partial charge in [0.15, 0.2) is 0 Å². The first-order valence-electron chi connectivity index (χ1n) is 9.61. The number of nitrogens with two attached hydrogens (primary N) is 1. The van der Waals surface area contributed by atoms with E-state index in [4.69, 9.17) is 16.3 Å². The summed E-state index contributed by atoms with van der Waals surface area (Å²) in [6.45, 7) is 4.38. The molecule has 1 saturated carbocycles. The number of aromatic nitrogens is 1. The Morgan fingerprint density at radius 1 is 1.12 bits per heavy atom. The summed E-state index contributed by atoms with van der Waals surface area (Å²) in [6, 6.07) is 9.24. The highest BCUT2D eigenvalue weighted by molar-refractivity contribution is 6.30. The Kier molecular flexibility index (Phi) is 5.39. The van der Waals surface area contributed by atoms with Gasteiger partial charge >= 0.3 is 0 Å². The average molecular weight is 362 g/mol. The molecule has 5 heteroatoms. The first-order valence-corrected chi connectivity index (χ1v) is 9.99. The third-order valence-corrected chi connectivity index (χ3v) is 5.93. The van der Waals surface area contributed by atoms with Gasteiger partial charge in [-0.1, -0.05) is 18.6 Å². The Morgan fingerprint density at radius 3 is 2.68 bits per heavy atom. The van der Waals surface area contributed by atoms with Crippen molar-refractivity contribution in [3.8, 4) is 0 Å². The lowest BCUT2D eigenvalue weighted by molar-refractivity contribution is -0.707. The van der Waals surface area contributed by atoms with Crippen LogP contribution in [-0.2, 0) is 11.3 Å². The summed E-state index contributed by atoms with van der Waals surface area (Å²) in [5.41, 5.74) is 3.65. The van der Waals surface area contributed by atoms with Gasteiger partial charge in [-0.05, 0) is 43.4 Å². The van der Waals surface area contributed by atoms with E-state index in [1.807, 2.05) is 0 Å². The summed E-state index contributed by atoms with van der Waals surface area (Å²) in [4.78, 5) is 5.87. The van der Waals surface area contributed by atoms with Crippen LogP contribution >= 0.6 is 11.6 Å². The normalized spacial score (nSPS) is 19.5. The van der Waals surface area contributed by atoms with Gasteiger partial charge in [0, 0.05) is 19.2 Å². The number of fused-ring (bicyclic) bond motifs is 1. The zero-order chi connectivity index (χ0) is 17.1. The van der Waals surface area contributed by atoms with E-state index in [9.17, 15) is 0 Å². The maximum Gasteiger partial charge on any atom is 0.284 e. The number of hydrogen-bond donors (Lipinski definition) is 1.